The smallest absolute Gasteiger partial charge is 0.318 e. The summed E-state index contributed by atoms with van der Waals surface area (Å²) in [6.45, 7) is 10.1. The van der Waals surface area contributed by atoms with E-state index in [1.54, 1.807) is 0 Å². The van der Waals surface area contributed by atoms with Crippen LogP contribution in [0.3, 0.4) is 0 Å². The van der Waals surface area contributed by atoms with Crippen molar-refractivity contribution in [1.29, 1.82) is 0 Å². The summed E-state index contributed by atoms with van der Waals surface area (Å²) in [6.07, 6.45) is 0. The van der Waals surface area contributed by atoms with Gasteiger partial charge in [0.15, 0.2) is 0 Å². The van der Waals surface area contributed by atoms with Crippen LogP contribution >= 0.6 is 0 Å². The first-order chi connectivity index (χ1) is 7.56. The largest absolute Gasteiger partial charge is 0.407 e. The Morgan fingerprint density at radius 2 is 2.00 bits per heavy atom. The third-order valence-corrected chi connectivity index (χ3v) is 2.86. The van der Waals surface area contributed by atoms with E-state index in [0.717, 1.165) is 6.54 Å². The van der Waals surface area contributed by atoms with Gasteiger partial charge in [0.2, 0.25) is 5.89 Å². The second kappa shape index (κ2) is 5.84. The fourth-order valence-electron chi connectivity index (χ4n) is 1.31. The molecule has 0 aromatic carbocycles. The van der Waals surface area contributed by atoms with Crippen LogP contribution in [0.1, 0.15) is 33.6 Å². The van der Waals surface area contributed by atoms with Gasteiger partial charge in [0, 0.05) is 13.1 Å². The highest BCUT2D eigenvalue weighted by molar-refractivity contribution is 5.24. The third kappa shape index (κ3) is 3.20. The van der Waals surface area contributed by atoms with Crippen molar-refractivity contribution < 1.29 is 4.42 Å². The standard InChI is InChI=1S/C11H22N4O/c1-6-12-7-10-13-14-11(16-10)15(5)9(4)8(2)3/h8-9,12H,6-7H2,1-5H3. The summed E-state index contributed by atoms with van der Waals surface area (Å²) in [5.74, 6) is 1.19. The van der Waals surface area contributed by atoms with E-state index in [2.05, 4.69) is 36.3 Å². The Hall–Kier alpha value is -1.10. The van der Waals surface area contributed by atoms with Crippen LogP contribution in [0.2, 0.25) is 0 Å². The molecule has 1 atom stereocenters. The molecular weight excluding hydrogens is 204 g/mol. The Balaban J connectivity index is 2.62. The molecule has 0 aliphatic rings. The van der Waals surface area contributed by atoms with Gasteiger partial charge in [-0.1, -0.05) is 25.9 Å². The van der Waals surface area contributed by atoms with Crippen LogP contribution < -0.4 is 10.2 Å². The van der Waals surface area contributed by atoms with E-state index in [1.165, 1.54) is 0 Å². The number of aromatic nitrogens is 2. The molecule has 1 unspecified atom stereocenters. The van der Waals surface area contributed by atoms with Crippen LogP contribution in [-0.2, 0) is 6.54 Å². The number of hydrogen-bond acceptors (Lipinski definition) is 5. The van der Waals surface area contributed by atoms with Crippen LogP contribution in [0, 0.1) is 5.92 Å². The highest BCUT2D eigenvalue weighted by Crippen LogP contribution is 2.17. The first kappa shape index (κ1) is 13.0. The Bertz CT molecular complexity index is 311. The Morgan fingerprint density at radius 3 is 2.56 bits per heavy atom. The molecule has 0 bridgehead atoms. The second-order valence-electron chi connectivity index (χ2n) is 4.35. The van der Waals surface area contributed by atoms with Gasteiger partial charge in [-0.3, -0.25) is 0 Å². The lowest BCUT2D eigenvalue weighted by Gasteiger charge is -2.25. The molecule has 0 fully saturated rings. The lowest BCUT2D eigenvalue weighted by Crippen LogP contribution is -2.33. The van der Waals surface area contributed by atoms with Crippen molar-refractivity contribution in [3.63, 3.8) is 0 Å². The molecular formula is C11H22N4O. The number of hydrogen-bond donors (Lipinski definition) is 1. The summed E-state index contributed by atoms with van der Waals surface area (Å²) >= 11 is 0. The number of nitrogens with zero attached hydrogens (tertiary/aromatic N) is 3. The summed E-state index contributed by atoms with van der Waals surface area (Å²) < 4.78 is 5.56. The predicted octanol–water partition coefficient (Wildman–Crippen LogP) is 1.66. The lowest BCUT2D eigenvalue weighted by molar-refractivity contribution is 0.432. The molecule has 0 aliphatic carbocycles. The predicted molar refractivity (Wildman–Crippen MR) is 64.4 cm³/mol. The van der Waals surface area contributed by atoms with Gasteiger partial charge in [0.1, 0.15) is 0 Å². The molecule has 1 aromatic rings. The van der Waals surface area contributed by atoms with Crippen molar-refractivity contribution in [3.05, 3.63) is 5.89 Å². The van der Waals surface area contributed by atoms with Gasteiger partial charge < -0.3 is 14.6 Å². The van der Waals surface area contributed by atoms with E-state index in [1.807, 2.05) is 18.9 Å². The molecule has 0 saturated carbocycles. The molecule has 0 aliphatic heterocycles. The summed E-state index contributed by atoms with van der Waals surface area (Å²) in [7, 11) is 1.98. The second-order valence-corrected chi connectivity index (χ2v) is 4.35. The first-order valence-electron chi connectivity index (χ1n) is 5.82. The minimum Gasteiger partial charge on any atom is -0.407 e. The SMILES string of the molecule is CCNCc1nnc(N(C)C(C)C(C)C)o1. The molecule has 92 valence electrons. The highest BCUT2D eigenvalue weighted by atomic mass is 16.4. The molecule has 5 nitrogen and oxygen atoms in total. The molecule has 0 amide bonds. The molecule has 1 aromatic heterocycles. The van der Waals surface area contributed by atoms with Gasteiger partial charge in [-0.25, -0.2) is 0 Å². The van der Waals surface area contributed by atoms with E-state index < -0.39 is 0 Å². The van der Waals surface area contributed by atoms with E-state index in [-0.39, 0.29) is 0 Å². The van der Waals surface area contributed by atoms with Crippen molar-refractivity contribution in [1.82, 2.24) is 15.5 Å². The molecule has 1 heterocycles. The molecule has 0 saturated heterocycles. The van der Waals surface area contributed by atoms with E-state index >= 15 is 0 Å². The van der Waals surface area contributed by atoms with Crippen LogP contribution in [0.15, 0.2) is 4.42 Å². The average molecular weight is 226 g/mol. The zero-order chi connectivity index (χ0) is 12.1. The fourth-order valence-corrected chi connectivity index (χ4v) is 1.31. The van der Waals surface area contributed by atoms with Crippen molar-refractivity contribution in [2.75, 3.05) is 18.5 Å². The maximum absolute atomic E-state index is 5.56. The van der Waals surface area contributed by atoms with Gasteiger partial charge in [0.05, 0.1) is 6.54 Å². The highest BCUT2D eigenvalue weighted by Gasteiger charge is 2.18. The minimum atomic E-state index is 0.382. The van der Waals surface area contributed by atoms with Gasteiger partial charge in [-0.2, -0.15) is 0 Å². The van der Waals surface area contributed by atoms with Crippen molar-refractivity contribution in [3.8, 4) is 0 Å². The maximum Gasteiger partial charge on any atom is 0.318 e. The summed E-state index contributed by atoms with van der Waals surface area (Å²) in [5, 5.41) is 11.2. The van der Waals surface area contributed by atoms with Gasteiger partial charge in [-0.15, -0.1) is 5.10 Å². The zero-order valence-corrected chi connectivity index (χ0v) is 10.8. The van der Waals surface area contributed by atoms with Crippen LogP contribution in [0.25, 0.3) is 0 Å². The number of nitrogens with one attached hydrogen (secondary N) is 1. The molecule has 16 heavy (non-hydrogen) atoms. The monoisotopic (exact) mass is 226 g/mol. The molecule has 0 radical (unpaired) electrons. The molecule has 0 spiro atoms. The molecule has 1 rings (SSSR count). The topological polar surface area (TPSA) is 54.2 Å². The van der Waals surface area contributed by atoms with Gasteiger partial charge >= 0.3 is 6.01 Å². The molecule has 1 N–H and O–H groups in total. The first-order valence-corrected chi connectivity index (χ1v) is 5.82. The fraction of sp³-hybridized carbons (Fsp3) is 0.818. The van der Waals surface area contributed by atoms with Crippen LogP contribution in [0.5, 0.6) is 0 Å². The van der Waals surface area contributed by atoms with Gasteiger partial charge in [0.25, 0.3) is 0 Å². The van der Waals surface area contributed by atoms with E-state index in [9.17, 15) is 0 Å². The number of rotatable bonds is 6. The number of anilines is 1. The van der Waals surface area contributed by atoms with Crippen LogP contribution in [0.4, 0.5) is 6.01 Å². The van der Waals surface area contributed by atoms with Crippen molar-refractivity contribution >= 4 is 6.01 Å². The Morgan fingerprint density at radius 1 is 1.31 bits per heavy atom. The Kier molecular flexibility index (Phi) is 4.73. The minimum absolute atomic E-state index is 0.382. The summed E-state index contributed by atoms with van der Waals surface area (Å²) in [6, 6.07) is 0.974. The van der Waals surface area contributed by atoms with Crippen LogP contribution in [-0.4, -0.2) is 29.8 Å². The maximum atomic E-state index is 5.56. The third-order valence-electron chi connectivity index (χ3n) is 2.86. The van der Waals surface area contributed by atoms with Crippen molar-refractivity contribution in [2.24, 2.45) is 5.92 Å². The summed E-state index contributed by atoms with van der Waals surface area (Å²) in [4.78, 5) is 2.02. The van der Waals surface area contributed by atoms with E-state index in [4.69, 9.17) is 4.42 Å². The van der Waals surface area contributed by atoms with Crippen molar-refractivity contribution in [2.45, 2.75) is 40.3 Å². The zero-order valence-electron chi connectivity index (χ0n) is 10.8. The average Bonchev–Trinajstić information content (AvgIpc) is 2.72. The molecule has 5 heteroatoms. The van der Waals surface area contributed by atoms with E-state index in [0.29, 0.717) is 30.4 Å². The lowest BCUT2D eigenvalue weighted by atomic mass is 10.1. The quantitative estimate of drug-likeness (QED) is 0.799. The Labute approximate surface area is 97.2 Å². The normalized spacial score (nSPS) is 13.1. The van der Waals surface area contributed by atoms with Gasteiger partial charge in [-0.05, 0) is 19.4 Å². The summed E-state index contributed by atoms with van der Waals surface area (Å²) in [5.41, 5.74) is 0.